The van der Waals surface area contributed by atoms with Crippen molar-refractivity contribution in [2.45, 2.75) is 37.2 Å². The second-order valence-corrected chi connectivity index (χ2v) is 7.46. The van der Waals surface area contributed by atoms with E-state index in [-0.39, 0.29) is 12.1 Å². The zero-order chi connectivity index (χ0) is 13.5. The van der Waals surface area contributed by atoms with Crippen molar-refractivity contribution in [1.82, 2.24) is 4.31 Å². The number of benzene rings is 1. The molecule has 2 atom stereocenters. The van der Waals surface area contributed by atoms with Crippen molar-refractivity contribution in [2.75, 3.05) is 6.54 Å². The highest BCUT2D eigenvalue weighted by Gasteiger charge is 2.37. The van der Waals surface area contributed by atoms with Gasteiger partial charge in [0.25, 0.3) is 0 Å². The van der Waals surface area contributed by atoms with Crippen LogP contribution in [0.5, 0.6) is 0 Å². The van der Waals surface area contributed by atoms with E-state index in [4.69, 9.17) is 5.73 Å². The van der Waals surface area contributed by atoms with Gasteiger partial charge < -0.3 is 5.73 Å². The summed E-state index contributed by atoms with van der Waals surface area (Å²) in [5.41, 5.74) is 6.79. The van der Waals surface area contributed by atoms with Gasteiger partial charge in [-0.3, -0.25) is 0 Å². The highest BCUT2D eigenvalue weighted by atomic mass is 79.9. The molecule has 0 aromatic heterocycles. The molecule has 1 aromatic carbocycles. The average Bonchev–Trinajstić information content (AvgIpc) is 2.64. The Morgan fingerprint density at radius 3 is 2.61 bits per heavy atom. The number of nitrogens with two attached hydrogens (primary N) is 1. The van der Waals surface area contributed by atoms with Crippen LogP contribution in [0.1, 0.15) is 18.9 Å². The lowest BCUT2D eigenvalue weighted by Gasteiger charge is -2.22. The first-order valence-electron chi connectivity index (χ1n) is 5.87. The van der Waals surface area contributed by atoms with Crippen LogP contribution in [-0.4, -0.2) is 31.4 Å². The number of hydrogen-bond acceptors (Lipinski definition) is 3. The van der Waals surface area contributed by atoms with Gasteiger partial charge in [0, 0.05) is 23.1 Å². The molecule has 0 saturated carbocycles. The predicted octanol–water partition coefficient (Wildman–Crippen LogP) is 1.87. The third-order valence-corrected chi connectivity index (χ3v) is 6.36. The van der Waals surface area contributed by atoms with Gasteiger partial charge in [0.05, 0.1) is 4.90 Å². The zero-order valence-corrected chi connectivity index (χ0v) is 12.8. The summed E-state index contributed by atoms with van der Waals surface area (Å²) in [6.07, 6.45) is 0.718. The second-order valence-electron chi connectivity index (χ2n) is 4.72. The molecule has 1 saturated heterocycles. The van der Waals surface area contributed by atoms with Crippen molar-refractivity contribution >= 4 is 26.0 Å². The van der Waals surface area contributed by atoms with Gasteiger partial charge in [0.1, 0.15) is 0 Å². The molecule has 0 spiro atoms. The topological polar surface area (TPSA) is 63.4 Å². The molecule has 1 aliphatic rings. The first-order valence-corrected chi connectivity index (χ1v) is 8.11. The summed E-state index contributed by atoms with van der Waals surface area (Å²) in [6.45, 7) is 4.24. The fourth-order valence-electron chi connectivity index (χ4n) is 2.19. The van der Waals surface area contributed by atoms with Crippen LogP contribution >= 0.6 is 15.9 Å². The molecule has 0 aliphatic carbocycles. The summed E-state index contributed by atoms with van der Waals surface area (Å²) in [4.78, 5) is 0.337. The summed E-state index contributed by atoms with van der Waals surface area (Å²) in [6, 6.07) is 4.87. The molecule has 0 amide bonds. The van der Waals surface area contributed by atoms with E-state index in [1.807, 2.05) is 13.8 Å². The monoisotopic (exact) mass is 332 g/mol. The van der Waals surface area contributed by atoms with Crippen LogP contribution in [0.3, 0.4) is 0 Å². The molecule has 1 aliphatic heterocycles. The SMILES string of the molecule is Cc1cc(S(=O)(=O)N2CCC(N)C2C)ccc1Br. The van der Waals surface area contributed by atoms with Gasteiger partial charge in [-0.25, -0.2) is 8.42 Å². The minimum atomic E-state index is -3.43. The molecule has 18 heavy (non-hydrogen) atoms. The summed E-state index contributed by atoms with van der Waals surface area (Å²) in [5, 5.41) is 0. The second kappa shape index (κ2) is 4.92. The van der Waals surface area contributed by atoms with Crippen molar-refractivity contribution in [3.8, 4) is 0 Å². The van der Waals surface area contributed by atoms with E-state index < -0.39 is 10.0 Å². The van der Waals surface area contributed by atoms with E-state index in [0.29, 0.717) is 11.4 Å². The molecule has 2 N–H and O–H groups in total. The summed E-state index contributed by atoms with van der Waals surface area (Å²) in [7, 11) is -3.43. The van der Waals surface area contributed by atoms with Gasteiger partial charge in [-0.1, -0.05) is 15.9 Å². The van der Waals surface area contributed by atoms with Crippen LogP contribution in [0, 0.1) is 6.92 Å². The molecule has 4 nitrogen and oxygen atoms in total. The zero-order valence-electron chi connectivity index (χ0n) is 10.4. The molecule has 0 bridgehead atoms. The van der Waals surface area contributed by atoms with E-state index in [1.165, 1.54) is 4.31 Å². The summed E-state index contributed by atoms with van der Waals surface area (Å²) in [5.74, 6) is 0. The van der Waals surface area contributed by atoms with Gasteiger partial charge in [0.2, 0.25) is 10.0 Å². The van der Waals surface area contributed by atoms with Crippen LogP contribution in [-0.2, 0) is 10.0 Å². The van der Waals surface area contributed by atoms with Crippen LogP contribution in [0.4, 0.5) is 0 Å². The maximum Gasteiger partial charge on any atom is 0.243 e. The van der Waals surface area contributed by atoms with Crippen molar-refractivity contribution in [3.05, 3.63) is 28.2 Å². The number of halogens is 1. The molecule has 2 rings (SSSR count). The Morgan fingerprint density at radius 1 is 1.44 bits per heavy atom. The van der Waals surface area contributed by atoms with Crippen molar-refractivity contribution in [2.24, 2.45) is 5.73 Å². The van der Waals surface area contributed by atoms with E-state index in [1.54, 1.807) is 18.2 Å². The Balaban J connectivity index is 2.39. The standard InChI is InChI=1S/C12H17BrN2O2S/c1-8-7-10(3-4-11(8)13)18(16,17)15-6-5-12(14)9(15)2/h3-4,7,9,12H,5-6,14H2,1-2H3. The van der Waals surface area contributed by atoms with Crippen LogP contribution in [0.15, 0.2) is 27.6 Å². The molecule has 6 heteroatoms. The smallest absolute Gasteiger partial charge is 0.243 e. The van der Waals surface area contributed by atoms with Gasteiger partial charge in [-0.15, -0.1) is 0 Å². The van der Waals surface area contributed by atoms with Gasteiger partial charge in [-0.2, -0.15) is 4.31 Å². The molecular formula is C12H17BrN2O2S. The number of hydrogen-bond donors (Lipinski definition) is 1. The van der Waals surface area contributed by atoms with Crippen LogP contribution < -0.4 is 5.73 Å². The minimum absolute atomic E-state index is 0.0729. The predicted molar refractivity (Wildman–Crippen MR) is 74.8 cm³/mol. The first kappa shape index (κ1) is 14.0. The van der Waals surface area contributed by atoms with Gasteiger partial charge >= 0.3 is 0 Å². The third kappa shape index (κ3) is 2.34. The molecule has 1 aromatic rings. The Bertz CT molecular complexity index is 559. The molecule has 0 radical (unpaired) electrons. The number of rotatable bonds is 2. The highest BCUT2D eigenvalue weighted by molar-refractivity contribution is 9.10. The fourth-order valence-corrected chi connectivity index (χ4v) is 4.21. The first-order chi connectivity index (χ1) is 8.34. The normalized spacial score (nSPS) is 25.6. The van der Waals surface area contributed by atoms with Crippen molar-refractivity contribution in [3.63, 3.8) is 0 Å². The van der Waals surface area contributed by atoms with E-state index >= 15 is 0 Å². The Hall–Kier alpha value is -0.430. The average molecular weight is 333 g/mol. The van der Waals surface area contributed by atoms with E-state index in [2.05, 4.69) is 15.9 Å². The van der Waals surface area contributed by atoms with E-state index in [0.717, 1.165) is 16.5 Å². The Kier molecular flexibility index (Phi) is 3.82. The lowest BCUT2D eigenvalue weighted by atomic mass is 10.2. The van der Waals surface area contributed by atoms with Crippen LogP contribution in [0.25, 0.3) is 0 Å². The van der Waals surface area contributed by atoms with Crippen molar-refractivity contribution in [1.29, 1.82) is 0 Å². The maximum atomic E-state index is 12.5. The molecule has 2 unspecified atom stereocenters. The van der Waals surface area contributed by atoms with Gasteiger partial charge in [0.15, 0.2) is 0 Å². The molecule has 1 heterocycles. The molecule has 1 fully saturated rings. The largest absolute Gasteiger partial charge is 0.326 e. The molecule has 100 valence electrons. The van der Waals surface area contributed by atoms with Crippen molar-refractivity contribution < 1.29 is 8.42 Å². The van der Waals surface area contributed by atoms with Gasteiger partial charge in [-0.05, 0) is 44.0 Å². The number of sulfonamides is 1. The number of aryl methyl sites for hydroxylation is 1. The minimum Gasteiger partial charge on any atom is -0.326 e. The third-order valence-electron chi connectivity index (χ3n) is 3.49. The van der Waals surface area contributed by atoms with E-state index in [9.17, 15) is 8.42 Å². The summed E-state index contributed by atoms with van der Waals surface area (Å²) >= 11 is 3.37. The Labute approximate surface area is 116 Å². The number of nitrogens with zero attached hydrogens (tertiary/aromatic N) is 1. The lowest BCUT2D eigenvalue weighted by molar-refractivity contribution is 0.393. The highest BCUT2D eigenvalue weighted by Crippen LogP contribution is 2.27. The van der Waals surface area contributed by atoms with Crippen LogP contribution in [0.2, 0.25) is 0 Å². The summed E-state index contributed by atoms with van der Waals surface area (Å²) < 4.78 is 27.4. The Morgan fingerprint density at radius 2 is 2.11 bits per heavy atom. The quantitative estimate of drug-likeness (QED) is 0.899. The molecular weight excluding hydrogens is 316 g/mol. The fraction of sp³-hybridized carbons (Fsp3) is 0.500. The maximum absolute atomic E-state index is 12.5. The lowest BCUT2D eigenvalue weighted by Crippen LogP contribution is -2.40.